The lowest BCUT2D eigenvalue weighted by Crippen LogP contribution is -2.04. The number of methoxy groups -OCH3 is 1. The Morgan fingerprint density at radius 2 is 1.64 bits per heavy atom. The maximum absolute atomic E-state index is 12.8. The maximum Gasteiger partial charge on any atom is 0.272 e. The first-order valence-electron chi connectivity index (χ1n) is 7.99. The fourth-order valence-corrected chi connectivity index (χ4v) is 3.09. The van der Waals surface area contributed by atoms with Crippen molar-refractivity contribution in [1.82, 2.24) is 0 Å². The Balaban J connectivity index is 1.99. The maximum atomic E-state index is 12.8. The summed E-state index contributed by atoms with van der Waals surface area (Å²) in [5, 5.41) is 10.9. The summed E-state index contributed by atoms with van der Waals surface area (Å²) in [7, 11) is 1.46. The van der Waals surface area contributed by atoms with E-state index in [0.29, 0.717) is 16.9 Å². The molecule has 0 amide bonds. The number of hydrogen-bond donors (Lipinski definition) is 0. The first-order chi connectivity index (χ1) is 13.4. The molecule has 0 aliphatic carbocycles. The highest BCUT2D eigenvalue weighted by molar-refractivity contribution is 6.37. The third-order valence-corrected chi connectivity index (χ3v) is 4.43. The van der Waals surface area contributed by atoms with E-state index in [0.717, 1.165) is 12.1 Å². The summed E-state index contributed by atoms with van der Waals surface area (Å²) in [6.45, 7) is 0. The number of benzene rings is 3. The quantitative estimate of drug-likeness (QED) is 0.282. The molecule has 0 saturated heterocycles. The standard InChI is InChI=1S/C20H13Cl2NO5/c1-27-18-8-7-14(11-15(18)19(24)12-5-3-2-4-6-12)28-20-16(21)9-13(23(25)26)10-17(20)22/h2-11H,1H3. The second kappa shape index (κ2) is 8.29. The molecule has 0 fully saturated rings. The summed E-state index contributed by atoms with van der Waals surface area (Å²) in [4.78, 5) is 23.1. The molecule has 3 aromatic carbocycles. The first-order valence-corrected chi connectivity index (χ1v) is 8.75. The van der Waals surface area contributed by atoms with Crippen LogP contribution in [0.15, 0.2) is 60.7 Å². The van der Waals surface area contributed by atoms with E-state index in [-0.39, 0.29) is 33.0 Å². The molecular weight excluding hydrogens is 405 g/mol. The van der Waals surface area contributed by atoms with Gasteiger partial charge in [-0.05, 0) is 18.2 Å². The molecule has 0 aromatic heterocycles. The Morgan fingerprint density at radius 3 is 2.21 bits per heavy atom. The van der Waals surface area contributed by atoms with E-state index >= 15 is 0 Å². The van der Waals surface area contributed by atoms with Gasteiger partial charge in [0.05, 0.1) is 27.6 Å². The molecule has 0 unspecified atom stereocenters. The number of nitro groups is 1. The van der Waals surface area contributed by atoms with Crippen LogP contribution in [-0.2, 0) is 0 Å². The van der Waals surface area contributed by atoms with Crippen molar-refractivity contribution < 1.29 is 19.2 Å². The monoisotopic (exact) mass is 417 g/mol. The van der Waals surface area contributed by atoms with Crippen LogP contribution >= 0.6 is 23.2 Å². The van der Waals surface area contributed by atoms with E-state index in [1.54, 1.807) is 36.4 Å². The lowest BCUT2D eigenvalue weighted by atomic mass is 10.0. The van der Waals surface area contributed by atoms with Gasteiger partial charge in [-0.25, -0.2) is 0 Å². The molecule has 0 aliphatic heterocycles. The Hall–Kier alpha value is -3.09. The van der Waals surface area contributed by atoms with Crippen LogP contribution in [0.25, 0.3) is 0 Å². The van der Waals surface area contributed by atoms with Crippen molar-refractivity contribution in [2.75, 3.05) is 7.11 Å². The zero-order chi connectivity index (χ0) is 20.3. The van der Waals surface area contributed by atoms with Gasteiger partial charge in [-0.2, -0.15) is 0 Å². The first kappa shape index (κ1) is 19.7. The summed E-state index contributed by atoms with van der Waals surface area (Å²) < 4.78 is 11.0. The van der Waals surface area contributed by atoms with Crippen LogP contribution in [0.1, 0.15) is 15.9 Å². The van der Waals surface area contributed by atoms with E-state index in [1.807, 2.05) is 6.07 Å². The summed E-state index contributed by atoms with van der Waals surface area (Å²) in [6.07, 6.45) is 0. The number of nitro benzene ring substituents is 1. The number of hydrogen-bond acceptors (Lipinski definition) is 5. The molecule has 3 rings (SSSR count). The van der Waals surface area contributed by atoms with Gasteiger partial charge in [0, 0.05) is 17.7 Å². The smallest absolute Gasteiger partial charge is 0.272 e. The van der Waals surface area contributed by atoms with Gasteiger partial charge >= 0.3 is 0 Å². The van der Waals surface area contributed by atoms with Crippen molar-refractivity contribution in [2.24, 2.45) is 0 Å². The van der Waals surface area contributed by atoms with E-state index in [1.165, 1.54) is 13.2 Å². The molecule has 0 radical (unpaired) electrons. The van der Waals surface area contributed by atoms with Gasteiger partial charge in [0.2, 0.25) is 0 Å². The molecule has 28 heavy (non-hydrogen) atoms. The predicted octanol–water partition coefficient (Wildman–Crippen LogP) is 5.93. The normalized spacial score (nSPS) is 10.4. The fourth-order valence-electron chi connectivity index (χ4n) is 2.54. The second-order valence-corrected chi connectivity index (χ2v) is 6.47. The number of ether oxygens (including phenoxy) is 2. The molecule has 3 aromatic rings. The Bertz CT molecular complexity index is 1030. The van der Waals surface area contributed by atoms with Crippen molar-refractivity contribution in [3.8, 4) is 17.2 Å². The third-order valence-electron chi connectivity index (χ3n) is 3.87. The van der Waals surface area contributed by atoms with Gasteiger partial charge < -0.3 is 9.47 Å². The van der Waals surface area contributed by atoms with Gasteiger partial charge in [-0.1, -0.05) is 53.5 Å². The Labute approximate surface area is 170 Å². The third kappa shape index (κ3) is 4.08. The lowest BCUT2D eigenvalue weighted by molar-refractivity contribution is -0.384. The summed E-state index contributed by atoms with van der Waals surface area (Å²) in [6, 6.07) is 15.7. The minimum absolute atomic E-state index is 0.0223. The highest BCUT2D eigenvalue weighted by Crippen LogP contribution is 2.40. The van der Waals surface area contributed by atoms with Crippen molar-refractivity contribution >= 4 is 34.7 Å². The average molecular weight is 418 g/mol. The van der Waals surface area contributed by atoms with E-state index < -0.39 is 4.92 Å². The summed E-state index contributed by atoms with van der Waals surface area (Å²) in [5.41, 5.74) is 0.529. The number of carbonyl (C=O) groups excluding carboxylic acids is 1. The molecule has 0 spiro atoms. The number of nitrogens with zero attached hydrogens (tertiary/aromatic N) is 1. The van der Waals surface area contributed by atoms with Gasteiger partial charge in [-0.3, -0.25) is 14.9 Å². The van der Waals surface area contributed by atoms with Crippen molar-refractivity contribution in [2.45, 2.75) is 0 Å². The summed E-state index contributed by atoms with van der Waals surface area (Å²) in [5.74, 6) is 0.459. The van der Waals surface area contributed by atoms with Crippen LogP contribution in [0.2, 0.25) is 10.0 Å². The molecule has 0 N–H and O–H groups in total. The van der Waals surface area contributed by atoms with Crippen LogP contribution in [0.4, 0.5) is 5.69 Å². The van der Waals surface area contributed by atoms with Gasteiger partial charge in [0.15, 0.2) is 11.5 Å². The molecule has 142 valence electrons. The van der Waals surface area contributed by atoms with Gasteiger partial charge in [-0.15, -0.1) is 0 Å². The predicted molar refractivity (Wildman–Crippen MR) is 106 cm³/mol. The number of non-ortho nitro benzene ring substituents is 1. The average Bonchev–Trinajstić information content (AvgIpc) is 2.70. The topological polar surface area (TPSA) is 78.7 Å². The van der Waals surface area contributed by atoms with Gasteiger partial charge in [0.25, 0.3) is 5.69 Å². The Kier molecular flexibility index (Phi) is 5.82. The largest absolute Gasteiger partial charge is 0.496 e. The molecular formula is C20H13Cl2NO5. The van der Waals surface area contributed by atoms with Crippen LogP contribution < -0.4 is 9.47 Å². The number of rotatable bonds is 6. The zero-order valence-corrected chi connectivity index (χ0v) is 16.0. The number of carbonyl (C=O) groups is 1. The van der Waals surface area contributed by atoms with Crippen LogP contribution in [0, 0.1) is 10.1 Å². The molecule has 0 saturated carbocycles. The van der Waals surface area contributed by atoms with Crippen molar-refractivity contribution in [1.29, 1.82) is 0 Å². The molecule has 8 heteroatoms. The van der Waals surface area contributed by atoms with Crippen molar-refractivity contribution in [3.05, 3.63) is 92.0 Å². The minimum atomic E-state index is -0.606. The van der Waals surface area contributed by atoms with Crippen LogP contribution in [-0.4, -0.2) is 17.8 Å². The number of ketones is 1. The molecule has 0 heterocycles. The van der Waals surface area contributed by atoms with Crippen LogP contribution in [0.3, 0.4) is 0 Å². The van der Waals surface area contributed by atoms with Crippen LogP contribution in [0.5, 0.6) is 17.2 Å². The molecule has 0 atom stereocenters. The number of halogens is 2. The zero-order valence-electron chi connectivity index (χ0n) is 14.5. The van der Waals surface area contributed by atoms with E-state index in [2.05, 4.69) is 0 Å². The highest BCUT2D eigenvalue weighted by Gasteiger charge is 2.19. The van der Waals surface area contributed by atoms with Crippen molar-refractivity contribution in [3.63, 3.8) is 0 Å². The lowest BCUT2D eigenvalue weighted by Gasteiger charge is -2.13. The molecule has 0 aliphatic rings. The van der Waals surface area contributed by atoms with E-state index in [9.17, 15) is 14.9 Å². The highest BCUT2D eigenvalue weighted by atomic mass is 35.5. The van der Waals surface area contributed by atoms with Gasteiger partial charge in [0.1, 0.15) is 11.5 Å². The second-order valence-electron chi connectivity index (χ2n) is 5.65. The molecule has 0 bridgehead atoms. The Morgan fingerprint density at radius 1 is 1.00 bits per heavy atom. The SMILES string of the molecule is COc1ccc(Oc2c(Cl)cc([N+](=O)[O-])cc2Cl)cc1C(=O)c1ccccc1. The summed E-state index contributed by atoms with van der Waals surface area (Å²) >= 11 is 12.2. The minimum Gasteiger partial charge on any atom is -0.496 e. The van der Waals surface area contributed by atoms with E-state index in [4.69, 9.17) is 32.7 Å². The molecule has 6 nitrogen and oxygen atoms in total. The fraction of sp³-hybridized carbons (Fsp3) is 0.0500.